The number of hydrogen-bond acceptors (Lipinski definition) is 6. The third-order valence-electron chi connectivity index (χ3n) is 3.73. The summed E-state index contributed by atoms with van der Waals surface area (Å²) in [6.45, 7) is 9.33. The second-order valence-electron chi connectivity index (χ2n) is 5.70. The Balaban J connectivity index is 1.90. The van der Waals surface area contributed by atoms with E-state index in [1.807, 2.05) is 13.8 Å². The molecular weight excluding hydrogens is 336 g/mol. The smallest absolute Gasteiger partial charge is 0.338 e. The predicted molar refractivity (Wildman–Crippen MR) is 94.8 cm³/mol. The van der Waals surface area contributed by atoms with Gasteiger partial charge in [-0.3, -0.25) is 4.79 Å². The van der Waals surface area contributed by atoms with Gasteiger partial charge < -0.3 is 19.3 Å². The van der Waals surface area contributed by atoms with Gasteiger partial charge in [-0.25, -0.2) is 4.79 Å². The molecule has 0 saturated carbocycles. The Morgan fingerprint density at radius 1 is 1.31 bits per heavy atom. The molecular formula is C19H22N2O5. The topological polar surface area (TPSA) is 90.7 Å². The summed E-state index contributed by atoms with van der Waals surface area (Å²) in [6.07, 6.45) is 0.659. The minimum Gasteiger partial charge on any atom is -0.489 e. The second kappa shape index (κ2) is 8.84. The molecule has 0 aliphatic heterocycles. The van der Waals surface area contributed by atoms with Crippen molar-refractivity contribution in [2.24, 2.45) is 0 Å². The Morgan fingerprint density at radius 2 is 2.00 bits per heavy atom. The van der Waals surface area contributed by atoms with Gasteiger partial charge in [0.1, 0.15) is 18.1 Å². The van der Waals surface area contributed by atoms with Gasteiger partial charge in [0.25, 0.3) is 5.91 Å². The molecule has 2 rings (SSSR count). The van der Waals surface area contributed by atoms with Gasteiger partial charge in [0.2, 0.25) is 0 Å². The minimum absolute atomic E-state index is 0.317. The lowest BCUT2D eigenvalue weighted by Crippen LogP contribution is -2.35. The number of nitrogens with zero attached hydrogens (tertiary/aromatic N) is 1. The highest BCUT2D eigenvalue weighted by Gasteiger charge is 2.18. The Morgan fingerprint density at radius 3 is 2.58 bits per heavy atom. The van der Waals surface area contributed by atoms with Crippen molar-refractivity contribution < 1.29 is 23.6 Å². The third kappa shape index (κ3) is 4.95. The average Bonchev–Trinajstić information content (AvgIpc) is 2.96. The zero-order valence-electron chi connectivity index (χ0n) is 15.1. The molecule has 1 aromatic carbocycles. The monoisotopic (exact) mass is 358 g/mol. The molecule has 0 saturated heterocycles. The summed E-state index contributed by atoms with van der Waals surface area (Å²) in [6, 6.07) is 6.49. The lowest BCUT2D eigenvalue weighted by atomic mass is 10.2. The van der Waals surface area contributed by atoms with E-state index in [4.69, 9.17) is 14.0 Å². The van der Waals surface area contributed by atoms with Crippen LogP contribution >= 0.6 is 0 Å². The molecule has 0 radical (unpaired) electrons. The summed E-state index contributed by atoms with van der Waals surface area (Å²) < 4.78 is 15.9. The highest BCUT2D eigenvalue weighted by Crippen LogP contribution is 2.18. The maximum atomic E-state index is 12.1. The average molecular weight is 358 g/mol. The number of carbonyl (C=O) groups excluding carboxylic acids is 2. The number of hydrogen-bond donors (Lipinski definition) is 1. The van der Waals surface area contributed by atoms with E-state index < -0.39 is 12.1 Å². The van der Waals surface area contributed by atoms with E-state index in [-0.39, 0.29) is 5.91 Å². The van der Waals surface area contributed by atoms with E-state index in [1.165, 1.54) is 6.92 Å². The summed E-state index contributed by atoms with van der Waals surface area (Å²) in [5.74, 6) is 0.353. The molecule has 1 atom stereocenters. The van der Waals surface area contributed by atoms with Crippen LogP contribution in [0.2, 0.25) is 0 Å². The fraction of sp³-hybridized carbons (Fsp3) is 0.316. The summed E-state index contributed by atoms with van der Waals surface area (Å²) in [5.41, 5.74) is 2.01. The number of carbonyl (C=O) groups is 2. The normalized spacial score (nSPS) is 11.5. The molecule has 1 amide bonds. The summed E-state index contributed by atoms with van der Waals surface area (Å²) in [7, 11) is 0. The SMILES string of the molecule is C=CCNC(=O)[C@H](C)OC(=O)c1ccc(OCc2c(C)noc2C)cc1. The van der Waals surface area contributed by atoms with Gasteiger partial charge in [-0.2, -0.15) is 0 Å². The van der Waals surface area contributed by atoms with Gasteiger partial charge in [0.05, 0.1) is 16.8 Å². The summed E-state index contributed by atoms with van der Waals surface area (Å²) >= 11 is 0. The van der Waals surface area contributed by atoms with Crippen molar-refractivity contribution in [3.8, 4) is 5.75 Å². The Bertz CT molecular complexity index is 760. The van der Waals surface area contributed by atoms with Crippen molar-refractivity contribution in [1.29, 1.82) is 0 Å². The molecule has 0 fully saturated rings. The molecule has 26 heavy (non-hydrogen) atoms. The van der Waals surface area contributed by atoms with E-state index in [1.54, 1.807) is 30.3 Å². The van der Waals surface area contributed by atoms with Crippen molar-refractivity contribution in [3.63, 3.8) is 0 Å². The molecule has 0 bridgehead atoms. The van der Waals surface area contributed by atoms with Crippen LogP contribution < -0.4 is 10.1 Å². The van der Waals surface area contributed by atoms with Crippen LogP contribution in [0, 0.1) is 13.8 Å². The Kier molecular flexibility index (Phi) is 6.54. The van der Waals surface area contributed by atoms with Gasteiger partial charge in [-0.05, 0) is 45.0 Å². The predicted octanol–water partition coefficient (Wildman–Crippen LogP) is 2.72. The van der Waals surface area contributed by atoms with Crippen molar-refractivity contribution >= 4 is 11.9 Å². The summed E-state index contributed by atoms with van der Waals surface area (Å²) in [4.78, 5) is 23.8. The molecule has 0 aliphatic rings. The van der Waals surface area contributed by atoms with Crippen molar-refractivity contribution in [3.05, 3.63) is 59.5 Å². The fourth-order valence-corrected chi connectivity index (χ4v) is 2.15. The number of rotatable bonds is 8. The molecule has 1 N–H and O–H groups in total. The summed E-state index contributed by atoms with van der Waals surface area (Å²) in [5, 5.41) is 6.44. The van der Waals surface area contributed by atoms with Gasteiger partial charge in [-0.15, -0.1) is 6.58 Å². The van der Waals surface area contributed by atoms with Gasteiger partial charge in [0, 0.05) is 6.54 Å². The Hall–Kier alpha value is -3.09. The van der Waals surface area contributed by atoms with Crippen molar-refractivity contribution in [2.45, 2.75) is 33.5 Å². The van der Waals surface area contributed by atoms with Gasteiger partial charge in [-0.1, -0.05) is 11.2 Å². The van der Waals surface area contributed by atoms with E-state index in [2.05, 4.69) is 17.1 Å². The minimum atomic E-state index is -0.891. The number of benzene rings is 1. The van der Waals surface area contributed by atoms with E-state index in [0.29, 0.717) is 30.2 Å². The van der Waals surface area contributed by atoms with Crippen LogP contribution in [0.3, 0.4) is 0 Å². The number of amides is 1. The number of esters is 1. The lowest BCUT2D eigenvalue weighted by Gasteiger charge is -2.13. The zero-order valence-corrected chi connectivity index (χ0v) is 15.1. The number of nitrogens with one attached hydrogen (secondary N) is 1. The second-order valence-corrected chi connectivity index (χ2v) is 5.70. The van der Waals surface area contributed by atoms with Crippen LogP contribution in [0.1, 0.15) is 34.3 Å². The van der Waals surface area contributed by atoms with Crippen LogP contribution in [0.25, 0.3) is 0 Å². The first-order chi connectivity index (χ1) is 12.4. The van der Waals surface area contributed by atoms with Crippen LogP contribution in [0.5, 0.6) is 5.75 Å². The molecule has 138 valence electrons. The molecule has 0 unspecified atom stereocenters. The molecule has 7 heteroatoms. The van der Waals surface area contributed by atoms with E-state index in [9.17, 15) is 9.59 Å². The van der Waals surface area contributed by atoms with Crippen LogP contribution in [-0.2, 0) is 16.1 Å². The molecule has 7 nitrogen and oxygen atoms in total. The van der Waals surface area contributed by atoms with Crippen LogP contribution in [-0.4, -0.2) is 29.7 Å². The highest BCUT2D eigenvalue weighted by molar-refractivity contribution is 5.92. The number of aryl methyl sites for hydroxylation is 2. The molecule has 1 heterocycles. The van der Waals surface area contributed by atoms with Crippen molar-refractivity contribution in [2.75, 3.05) is 6.54 Å². The molecule has 0 spiro atoms. The van der Waals surface area contributed by atoms with E-state index in [0.717, 1.165) is 11.3 Å². The van der Waals surface area contributed by atoms with Crippen molar-refractivity contribution in [1.82, 2.24) is 10.5 Å². The van der Waals surface area contributed by atoms with Gasteiger partial charge >= 0.3 is 5.97 Å². The first-order valence-electron chi connectivity index (χ1n) is 8.16. The van der Waals surface area contributed by atoms with Crippen LogP contribution in [0.4, 0.5) is 0 Å². The van der Waals surface area contributed by atoms with Gasteiger partial charge in [0.15, 0.2) is 6.10 Å². The largest absolute Gasteiger partial charge is 0.489 e. The van der Waals surface area contributed by atoms with E-state index >= 15 is 0 Å². The Labute approximate surface area is 152 Å². The maximum absolute atomic E-state index is 12.1. The molecule has 1 aromatic heterocycles. The first-order valence-corrected chi connectivity index (χ1v) is 8.16. The quantitative estimate of drug-likeness (QED) is 0.576. The molecule has 2 aromatic rings. The zero-order chi connectivity index (χ0) is 19.1. The maximum Gasteiger partial charge on any atom is 0.338 e. The third-order valence-corrected chi connectivity index (χ3v) is 3.73. The standard InChI is InChI=1S/C19H22N2O5/c1-5-10-20-18(22)14(4)25-19(23)15-6-8-16(9-7-15)24-11-17-12(2)21-26-13(17)3/h5-9,14H,1,10-11H2,2-4H3,(H,20,22)/t14-/m0/s1. The number of ether oxygens (including phenoxy) is 2. The van der Waals surface area contributed by atoms with Crippen LogP contribution in [0.15, 0.2) is 41.4 Å². The first kappa shape index (κ1) is 19.2. The fourth-order valence-electron chi connectivity index (χ4n) is 2.15. The molecule has 0 aliphatic carbocycles. The highest BCUT2D eigenvalue weighted by atomic mass is 16.5. The lowest BCUT2D eigenvalue weighted by molar-refractivity contribution is -0.128. The number of aromatic nitrogens is 1.